The van der Waals surface area contributed by atoms with Gasteiger partial charge in [-0.05, 0) is 31.7 Å². The van der Waals surface area contributed by atoms with E-state index in [0.717, 1.165) is 5.69 Å². The lowest BCUT2D eigenvalue weighted by Crippen LogP contribution is -2.41. The fraction of sp³-hybridized carbons (Fsp3) is 0.462. The van der Waals surface area contributed by atoms with E-state index in [1.165, 1.54) is 19.2 Å². The van der Waals surface area contributed by atoms with Crippen LogP contribution in [0.15, 0.2) is 18.2 Å². The van der Waals surface area contributed by atoms with Crippen LogP contribution in [0.2, 0.25) is 5.02 Å². The van der Waals surface area contributed by atoms with Crippen molar-refractivity contribution in [2.75, 3.05) is 30.8 Å². The number of hydrogen-bond acceptors (Lipinski definition) is 4. The monoisotopic (exact) mass is 349 g/mol. The van der Waals surface area contributed by atoms with Crippen molar-refractivity contribution in [3.05, 3.63) is 29.0 Å². The predicted molar refractivity (Wildman–Crippen MR) is 83.0 cm³/mol. The maximum Gasteiger partial charge on any atom is 0.236 e. The maximum atomic E-state index is 13.2. The van der Waals surface area contributed by atoms with Gasteiger partial charge in [0, 0.05) is 24.8 Å². The lowest BCUT2D eigenvalue weighted by Gasteiger charge is -2.19. The smallest absolute Gasteiger partial charge is 0.236 e. The van der Waals surface area contributed by atoms with Crippen LogP contribution < -0.4 is 14.9 Å². The molecule has 1 heterocycles. The number of nitrogens with zero attached hydrogens (tertiary/aromatic N) is 1. The molecule has 1 fully saturated rings. The number of hydrogen-bond donors (Lipinski definition) is 2. The van der Waals surface area contributed by atoms with Crippen LogP contribution in [0, 0.1) is 5.82 Å². The third-order valence-electron chi connectivity index (χ3n) is 3.45. The van der Waals surface area contributed by atoms with E-state index in [0.29, 0.717) is 19.5 Å². The van der Waals surface area contributed by atoms with Crippen molar-refractivity contribution in [3.63, 3.8) is 0 Å². The Morgan fingerprint density at radius 3 is 2.86 bits per heavy atom. The molecule has 1 saturated heterocycles. The van der Waals surface area contributed by atoms with Crippen molar-refractivity contribution in [1.82, 2.24) is 10.0 Å². The zero-order chi connectivity index (χ0) is 16.3. The Morgan fingerprint density at radius 1 is 1.50 bits per heavy atom. The van der Waals surface area contributed by atoms with Crippen LogP contribution in [-0.4, -0.2) is 46.3 Å². The van der Waals surface area contributed by atoms with Gasteiger partial charge in [0.15, 0.2) is 0 Å². The molecule has 6 nitrogen and oxygen atoms in total. The second-order valence-electron chi connectivity index (χ2n) is 5.06. The molecule has 0 aromatic heterocycles. The number of carbonyl (C=O) groups excluding carboxylic acids is 1. The number of nitrogens with one attached hydrogen (secondary N) is 2. The molecule has 1 aliphatic heterocycles. The second kappa shape index (κ2) is 6.80. The molecule has 0 aliphatic carbocycles. The molecule has 9 heteroatoms. The van der Waals surface area contributed by atoms with E-state index >= 15 is 0 Å². The van der Waals surface area contributed by atoms with E-state index in [9.17, 15) is 17.6 Å². The molecule has 2 rings (SSSR count). The largest absolute Gasteiger partial charge is 0.369 e. The molecule has 122 valence electrons. The van der Waals surface area contributed by atoms with Crippen LogP contribution in [-0.2, 0) is 14.8 Å². The first-order valence-electron chi connectivity index (χ1n) is 6.71. The van der Waals surface area contributed by atoms with Gasteiger partial charge in [0.1, 0.15) is 11.6 Å². The SMILES string of the molecule is CNS(=O)(=O)CC(=O)N[C@H]1CCN(c2ccc(F)c(Cl)c2)C1. The number of amides is 1. The molecular weight excluding hydrogens is 333 g/mol. The van der Waals surface area contributed by atoms with Crippen molar-refractivity contribution >= 4 is 33.2 Å². The van der Waals surface area contributed by atoms with Gasteiger partial charge in [-0.2, -0.15) is 0 Å². The summed E-state index contributed by atoms with van der Waals surface area (Å²) in [4.78, 5) is 13.7. The highest BCUT2D eigenvalue weighted by Crippen LogP contribution is 2.25. The van der Waals surface area contributed by atoms with Crippen molar-refractivity contribution in [2.24, 2.45) is 0 Å². The number of halogens is 2. The van der Waals surface area contributed by atoms with E-state index in [1.54, 1.807) is 6.07 Å². The van der Waals surface area contributed by atoms with Gasteiger partial charge in [0.2, 0.25) is 15.9 Å². The summed E-state index contributed by atoms with van der Waals surface area (Å²) in [6, 6.07) is 4.30. The highest BCUT2D eigenvalue weighted by molar-refractivity contribution is 7.90. The standard InChI is InChI=1S/C13H17ClFN3O3S/c1-16-22(20,21)8-13(19)17-9-4-5-18(7-9)10-2-3-12(15)11(14)6-10/h2-3,6,9,16H,4-5,7-8H2,1H3,(H,17,19)/t9-/m0/s1. The van der Waals surface area contributed by atoms with Gasteiger partial charge in [0.25, 0.3) is 0 Å². The van der Waals surface area contributed by atoms with Gasteiger partial charge < -0.3 is 10.2 Å². The van der Waals surface area contributed by atoms with Gasteiger partial charge in [-0.25, -0.2) is 17.5 Å². The van der Waals surface area contributed by atoms with Crippen molar-refractivity contribution in [2.45, 2.75) is 12.5 Å². The molecular formula is C13H17ClFN3O3S. The minimum absolute atomic E-state index is 0.0464. The minimum Gasteiger partial charge on any atom is -0.369 e. The zero-order valence-electron chi connectivity index (χ0n) is 12.0. The zero-order valence-corrected chi connectivity index (χ0v) is 13.5. The van der Waals surface area contributed by atoms with Crippen LogP contribution in [0.3, 0.4) is 0 Å². The predicted octanol–water partition coefficient (Wildman–Crippen LogP) is 0.723. The van der Waals surface area contributed by atoms with E-state index in [4.69, 9.17) is 11.6 Å². The molecule has 1 aromatic carbocycles. The molecule has 1 atom stereocenters. The van der Waals surface area contributed by atoms with Gasteiger partial charge in [-0.15, -0.1) is 0 Å². The highest BCUT2D eigenvalue weighted by atomic mass is 35.5. The molecule has 1 aliphatic rings. The summed E-state index contributed by atoms with van der Waals surface area (Å²) < 4.78 is 37.9. The second-order valence-corrected chi connectivity index (χ2v) is 7.39. The van der Waals surface area contributed by atoms with Crippen LogP contribution in [0.25, 0.3) is 0 Å². The Labute approximate surface area is 133 Å². The van der Waals surface area contributed by atoms with E-state index in [-0.39, 0.29) is 11.1 Å². The summed E-state index contributed by atoms with van der Waals surface area (Å²) in [6.45, 7) is 1.19. The van der Waals surface area contributed by atoms with Gasteiger partial charge in [-0.3, -0.25) is 4.79 Å². The average Bonchev–Trinajstić information content (AvgIpc) is 2.89. The first-order chi connectivity index (χ1) is 10.3. The summed E-state index contributed by atoms with van der Waals surface area (Å²) in [6.07, 6.45) is 0.681. The maximum absolute atomic E-state index is 13.2. The molecule has 0 bridgehead atoms. The summed E-state index contributed by atoms with van der Waals surface area (Å²) in [5, 5.41) is 2.73. The van der Waals surface area contributed by atoms with E-state index in [2.05, 4.69) is 10.0 Å². The van der Waals surface area contributed by atoms with Crippen molar-refractivity contribution in [3.8, 4) is 0 Å². The normalized spacial score (nSPS) is 18.5. The Balaban J connectivity index is 1.92. The summed E-state index contributed by atoms with van der Waals surface area (Å²) in [5.74, 6) is -1.62. The lowest BCUT2D eigenvalue weighted by molar-refractivity contribution is -0.119. The topological polar surface area (TPSA) is 78.5 Å². The molecule has 1 amide bonds. The molecule has 1 aromatic rings. The summed E-state index contributed by atoms with van der Waals surface area (Å²) >= 11 is 5.76. The third kappa shape index (κ3) is 4.31. The quantitative estimate of drug-likeness (QED) is 0.821. The fourth-order valence-electron chi connectivity index (χ4n) is 2.31. The third-order valence-corrected chi connectivity index (χ3v) is 5.01. The van der Waals surface area contributed by atoms with Gasteiger partial charge in [-0.1, -0.05) is 11.6 Å². The number of anilines is 1. The molecule has 0 spiro atoms. The molecule has 0 radical (unpaired) electrons. The number of benzene rings is 1. The van der Waals surface area contributed by atoms with E-state index < -0.39 is 27.5 Å². The first kappa shape index (κ1) is 17.0. The Morgan fingerprint density at radius 2 is 2.23 bits per heavy atom. The molecule has 22 heavy (non-hydrogen) atoms. The van der Waals surface area contributed by atoms with Crippen LogP contribution in [0.5, 0.6) is 0 Å². The fourth-order valence-corrected chi connectivity index (χ4v) is 3.06. The van der Waals surface area contributed by atoms with E-state index in [1.807, 2.05) is 4.90 Å². The van der Waals surface area contributed by atoms with Gasteiger partial charge in [0.05, 0.1) is 5.02 Å². The molecule has 0 saturated carbocycles. The van der Waals surface area contributed by atoms with Crippen LogP contribution in [0.4, 0.5) is 10.1 Å². The molecule has 2 N–H and O–H groups in total. The Hall–Kier alpha value is -1.38. The van der Waals surface area contributed by atoms with Crippen molar-refractivity contribution in [1.29, 1.82) is 0 Å². The van der Waals surface area contributed by atoms with Crippen LogP contribution in [0.1, 0.15) is 6.42 Å². The number of rotatable bonds is 5. The highest BCUT2D eigenvalue weighted by Gasteiger charge is 2.25. The first-order valence-corrected chi connectivity index (χ1v) is 8.74. The van der Waals surface area contributed by atoms with Gasteiger partial charge >= 0.3 is 0 Å². The average molecular weight is 350 g/mol. The van der Waals surface area contributed by atoms with Crippen molar-refractivity contribution < 1.29 is 17.6 Å². The molecule has 0 unspecified atom stereocenters. The Bertz CT molecular complexity index is 668. The number of carbonyl (C=O) groups is 1. The lowest BCUT2D eigenvalue weighted by atomic mass is 10.2. The summed E-state index contributed by atoms with van der Waals surface area (Å²) in [7, 11) is -2.31. The van der Waals surface area contributed by atoms with Crippen LogP contribution >= 0.6 is 11.6 Å². The minimum atomic E-state index is -3.57. The Kier molecular flexibility index (Phi) is 5.25. The number of sulfonamides is 1. The summed E-state index contributed by atoms with van der Waals surface area (Å²) in [5.41, 5.74) is 0.769.